The third-order valence-electron chi connectivity index (χ3n) is 4.63. The molecule has 4 rings (SSSR count). The molecule has 0 aliphatic carbocycles. The molecule has 1 aliphatic rings. The first-order chi connectivity index (χ1) is 13.5. The van der Waals surface area contributed by atoms with Gasteiger partial charge < -0.3 is 9.15 Å². The molecule has 1 aliphatic heterocycles. The summed E-state index contributed by atoms with van der Waals surface area (Å²) in [6.45, 7) is 1.72. The Labute approximate surface area is 160 Å². The lowest BCUT2D eigenvalue weighted by Crippen LogP contribution is -2.35. The Hall–Kier alpha value is -3.48. The Morgan fingerprint density at radius 2 is 2.04 bits per heavy atom. The van der Waals surface area contributed by atoms with Crippen molar-refractivity contribution in [3.63, 3.8) is 0 Å². The van der Waals surface area contributed by atoms with Crippen LogP contribution in [0.5, 0.6) is 0 Å². The summed E-state index contributed by atoms with van der Waals surface area (Å²) in [5.74, 6) is -0.115. The van der Waals surface area contributed by atoms with Gasteiger partial charge in [0.25, 0.3) is 5.91 Å². The fourth-order valence-electron chi connectivity index (χ4n) is 3.24. The molecule has 0 bridgehead atoms. The number of aryl methyl sites for hydroxylation is 1. The van der Waals surface area contributed by atoms with Crippen molar-refractivity contribution in [3.8, 4) is 11.5 Å². The fraction of sp³-hybridized carbons (Fsp3) is 0.238. The van der Waals surface area contributed by atoms with Gasteiger partial charge in [-0.05, 0) is 37.6 Å². The molecule has 0 radical (unpaired) electrons. The minimum atomic E-state index is -0.650. The molecule has 3 aromatic rings. The number of fused-ring (bicyclic) bond motifs is 1. The number of ether oxygens (including phenoxy) is 1. The number of esters is 1. The van der Waals surface area contributed by atoms with Crippen LogP contribution in [0.25, 0.3) is 22.4 Å². The lowest BCUT2D eigenvalue weighted by atomic mass is 10.1. The monoisotopic (exact) mass is 378 g/mol. The van der Waals surface area contributed by atoms with Crippen LogP contribution in [0.2, 0.25) is 0 Å². The van der Waals surface area contributed by atoms with E-state index in [1.165, 1.54) is 0 Å². The van der Waals surface area contributed by atoms with Crippen LogP contribution >= 0.6 is 0 Å². The van der Waals surface area contributed by atoms with Crippen molar-refractivity contribution < 1.29 is 23.5 Å². The van der Waals surface area contributed by atoms with Gasteiger partial charge in [0.2, 0.25) is 5.91 Å². The summed E-state index contributed by atoms with van der Waals surface area (Å²) >= 11 is 0. The molecule has 3 heterocycles. The molecule has 7 nitrogen and oxygen atoms in total. The second-order valence-corrected chi connectivity index (χ2v) is 6.60. The van der Waals surface area contributed by atoms with Gasteiger partial charge in [-0.3, -0.25) is 14.5 Å². The van der Waals surface area contributed by atoms with Crippen molar-refractivity contribution >= 4 is 28.7 Å². The molecule has 0 atom stereocenters. The molecule has 28 heavy (non-hydrogen) atoms. The van der Waals surface area contributed by atoms with Crippen molar-refractivity contribution in [3.05, 3.63) is 53.8 Å². The number of aromatic nitrogens is 1. The van der Waals surface area contributed by atoms with Crippen LogP contribution in [0.1, 0.15) is 29.0 Å². The fourth-order valence-corrected chi connectivity index (χ4v) is 3.24. The number of para-hydroxylation sites is 1. The van der Waals surface area contributed by atoms with E-state index in [0.717, 1.165) is 10.7 Å². The zero-order chi connectivity index (χ0) is 19.7. The number of likely N-dealkylation sites (tertiary alicyclic amines) is 1. The number of amides is 2. The Morgan fingerprint density at radius 1 is 1.21 bits per heavy atom. The summed E-state index contributed by atoms with van der Waals surface area (Å²) in [6, 6.07) is 12.4. The number of furan rings is 1. The zero-order valence-corrected chi connectivity index (χ0v) is 15.3. The number of benzene rings is 1. The van der Waals surface area contributed by atoms with Crippen molar-refractivity contribution in [1.82, 2.24) is 9.88 Å². The number of rotatable bonds is 4. The maximum Gasteiger partial charge on any atom is 0.339 e. The van der Waals surface area contributed by atoms with Gasteiger partial charge in [0.15, 0.2) is 12.4 Å². The maximum atomic E-state index is 12.7. The number of hydrogen-bond donors (Lipinski definition) is 0. The predicted molar refractivity (Wildman–Crippen MR) is 100 cm³/mol. The van der Waals surface area contributed by atoms with Crippen LogP contribution in [0.4, 0.5) is 0 Å². The highest BCUT2D eigenvalue weighted by molar-refractivity contribution is 6.05. The van der Waals surface area contributed by atoms with E-state index in [-0.39, 0.29) is 11.5 Å². The van der Waals surface area contributed by atoms with Crippen LogP contribution in [0, 0.1) is 6.92 Å². The lowest BCUT2D eigenvalue weighted by molar-refractivity contribution is -0.143. The van der Waals surface area contributed by atoms with Crippen LogP contribution in [-0.2, 0) is 14.3 Å². The van der Waals surface area contributed by atoms with Crippen molar-refractivity contribution in [1.29, 1.82) is 0 Å². The first kappa shape index (κ1) is 17.9. The minimum Gasteiger partial charge on any atom is -0.460 e. The standard InChI is InChI=1S/C21H18N2O5/c1-13-8-9-18(28-13)17-11-15(14-5-2-3-6-16(14)22-17)21(26)27-12-20(25)23-10-4-7-19(23)24/h2-3,5-6,8-9,11H,4,7,10,12H2,1H3. The summed E-state index contributed by atoms with van der Waals surface area (Å²) < 4.78 is 10.8. The molecule has 0 saturated carbocycles. The van der Waals surface area contributed by atoms with Gasteiger partial charge in [0.1, 0.15) is 11.5 Å². The number of imide groups is 1. The number of nitrogens with zero attached hydrogens (tertiary/aromatic N) is 2. The summed E-state index contributed by atoms with van der Waals surface area (Å²) in [7, 11) is 0. The number of carbonyl (C=O) groups is 3. The average Bonchev–Trinajstić information content (AvgIpc) is 3.33. The summed E-state index contributed by atoms with van der Waals surface area (Å²) in [6.07, 6.45) is 0.986. The van der Waals surface area contributed by atoms with Gasteiger partial charge in [-0.25, -0.2) is 9.78 Å². The Balaban J connectivity index is 1.62. The smallest absolute Gasteiger partial charge is 0.339 e. The van der Waals surface area contributed by atoms with E-state index >= 15 is 0 Å². The number of carbonyl (C=O) groups excluding carboxylic acids is 3. The van der Waals surface area contributed by atoms with E-state index in [2.05, 4.69) is 4.98 Å². The first-order valence-corrected chi connectivity index (χ1v) is 9.00. The third kappa shape index (κ3) is 3.38. The average molecular weight is 378 g/mol. The largest absolute Gasteiger partial charge is 0.460 e. The molecular weight excluding hydrogens is 360 g/mol. The van der Waals surface area contributed by atoms with Crippen LogP contribution in [0.15, 0.2) is 46.9 Å². The minimum absolute atomic E-state index is 0.231. The van der Waals surface area contributed by atoms with E-state index in [1.807, 2.05) is 19.1 Å². The predicted octanol–water partition coefficient (Wildman–Crippen LogP) is 3.11. The third-order valence-corrected chi connectivity index (χ3v) is 4.63. The normalized spacial score (nSPS) is 13.9. The van der Waals surface area contributed by atoms with Gasteiger partial charge >= 0.3 is 5.97 Å². The molecule has 1 fully saturated rings. The highest BCUT2D eigenvalue weighted by Crippen LogP contribution is 2.26. The molecule has 1 aromatic carbocycles. The Kier molecular flexibility index (Phi) is 4.65. The second-order valence-electron chi connectivity index (χ2n) is 6.60. The van der Waals surface area contributed by atoms with Crippen LogP contribution in [-0.4, -0.2) is 40.8 Å². The topological polar surface area (TPSA) is 89.7 Å². The number of hydrogen-bond acceptors (Lipinski definition) is 6. The van der Waals surface area contributed by atoms with Crippen molar-refractivity contribution in [2.45, 2.75) is 19.8 Å². The van der Waals surface area contributed by atoms with E-state index in [0.29, 0.717) is 41.7 Å². The Bertz CT molecular complexity index is 1090. The van der Waals surface area contributed by atoms with Gasteiger partial charge in [-0.1, -0.05) is 18.2 Å². The molecular formula is C21H18N2O5. The van der Waals surface area contributed by atoms with Crippen molar-refractivity contribution in [2.75, 3.05) is 13.2 Å². The lowest BCUT2D eigenvalue weighted by Gasteiger charge is -2.14. The first-order valence-electron chi connectivity index (χ1n) is 9.00. The molecule has 1 saturated heterocycles. The highest BCUT2D eigenvalue weighted by Gasteiger charge is 2.27. The van der Waals surface area contributed by atoms with Crippen LogP contribution in [0.3, 0.4) is 0 Å². The molecule has 2 aromatic heterocycles. The molecule has 7 heteroatoms. The van der Waals surface area contributed by atoms with E-state index in [9.17, 15) is 14.4 Å². The highest BCUT2D eigenvalue weighted by atomic mass is 16.5. The van der Waals surface area contributed by atoms with Crippen molar-refractivity contribution in [2.24, 2.45) is 0 Å². The van der Waals surface area contributed by atoms with E-state index in [1.54, 1.807) is 30.3 Å². The Morgan fingerprint density at radius 3 is 2.75 bits per heavy atom. The van der Waals surface area contributed by atoms with Gasteiger partial charge in [0.05, 0.1) is 11.1 Å². The maximum absolute atomic E-state index is 12.7. The number of pyridine rings is 1. The van der Waals surface area contributed by atoms with E-state index < -0.39 is 18.5 Å². The summed E-state index contributed by atoms with van der Waals surface area (Å²) in [4.78, 5) is 42.2. The van der Waals surface area contributed by atoms with Crippen LogP contribution < -0.4 is 0 Å². The molecule has 0 unspecified atom stereocenters. The quantitative estimate of drug-likeness (QED) is 0.648. The molecule has 2 amide bonds. The molecule has 0 spiro atoms. The zero-order valence-electron chi connectivity index (χ0n) is 15.3. The van der Waals surface area contributed by atoms with Gasteiger partial charge in [-0.2, -0.15) is 0 Å². The molecule has 142 valence electrons. The second kappa shape index (κ2) is 7.26. The SMILES string of the molecule is Cc1ccc(-c2cc(C(=O)OCC(=O)N3CCCC3=O)c3ccccc3n2)o1. The van der Waals surface area contributed by atoms with Gasteiger partial charge in [0, 0.05) is 18.4 Å². The van der Waals surface area contributed by atoms with E-state index in [4.69, 9.17) is 9.15 Å². The summed E-state index contributed by atoms with van der Waals surface area (Å²) in [5, 5.41) is 0.615. The molecule has 0 N–H and O–H groups in total. The summed E-state index contributed by atoms with van der Waals surface area (Å²) in [5.41, 5.74) is 1.40. The van der Waals surface area contributed by atoms with Gasteiger partial charge in [-0.15, -0.1) is 0 Å².